The molecule has 12 heteroatoms. The lowest BCUT2D eigenvalue weighted by Gasteiger charge is -2.21. The zero-order valence-electron chi connectivity index (χ0n) is 14.8. The van der Waals surface area contributed by atoms with Gasteiger partial charge in [-0.2, -0.15) is 0 Å². The Morgan fingerprint density at radius 1 is 1.36 bits per heavy atom. The van der Waals surface area contributed by atoms with Crippen molar-refractivity contribution in [2.24, 2.45) is 5.73 Å². The van der Waals surface area contributed by atoms with E-state index in [2.05, 4.69) is 26.9 Å². The van der Waals surface area contributed by atoms with Gasteiger partial charge < -0.3 is 26.0 Å². The second-order valence-electron chi connectivity index (χ2n) is 5.65. The molecule has 0 atom stereocenters. The third-order valence-electron chi connectivity index (χ3n) is 3.44. The number of thiazole rings is 1. The number of nitrogens with two attached hydrogens (primary N) is 1. The predicted octanol–water partition coefficient (Wildman–Crippen LogP) is 1.65. The number of likely N-dealkylation sites (N-methyl/N-ethyl adjacent to an activating group) is 1. The number of aromatic nitrogens is 1. The molecule has 0 bridgehead atoms. The van der Waals surface area contributed by atoms with E-state index in [-0.39, 0.29) is 36.4 Å². The van der Waals surface area contributed by atoms with Gasteiger partial charge in [0.2, 0.25) is 11.8 Å². The largest absolute Gasteiger partial charge is 0.573 e. The Bertz CT molecular complexity index is 884. The van der Waals surface area contributed by atoms with E-state index in [1.54, 1.807) is 7.05 Å². The van der Waals surface area contributed by atoms with Crippen LogP contribution in [0.3, 0.4) is 0 Å². The SMILES string of the molecule is C=C(CNC(=O)CN)N(C)CC(=O)Nc1nc2ccc(OC(F)(F)F)cc2s1. The number of nitrogens with one attached hydrogen (secondary N) is 2. The van der Waals surface area contributed by atoms with Crippen molar-refractivity contribution < 1.29 is 27.5 Å². The smallest absolute Gasteiger partial charge is 0.406 e. The highest BCUT2D eigenvalue weighted by atomic mass is 32.1. The molecule has 2 aromatic rings. The maximum absolute atomic E-state index is 12.3. The molecule has 1 aromatic carbocycles. The lowest BCUT2D eigenvalue weighted by molar-refractivity contribution is -0.274. The molecule has 152 valence electrons. The van der Waals surface area contributed by atoms with Crippen LogP contribution in [0.1, 0.15) is 0 Å². The van der Waals surface area contributed by atoms with E-state index in [1.165, 1.54) is 17.0 Å². The molecule has 28 heavy (non-hydrogen) atoms. The number of rotatable bonds is 8. The molecular weight excluding hydrogens is 399 g/mol. The van der Waals surface area contributed by atoms with Crippen LogP contribution in [-0.4, -0.2) is 54.7 Å². The minimum Gasteiger partial charge on any atom is -0.406 e. The molecule has 1 heterocycles. The molecule has 0 aliphatic heterocycles. The maximum Gasteiger partial charge on any atom is 0.573 e. The Balaban J connectivity index is 1.95. The summed E-state index contributed by atoms with van der Waals surface area (Å²) in [5, 5.41) is 5.35. The number of nitrogens with zero attached hydrogens (tertiary/aromatic N) is 2. The molecule has 0 aliphatic carbocycles. The Morgan fingerprint density at radius 2 is 2.07 bits per heavy atom. The Kier molecular flexibility index (Phi) is 6.80. The van der Waals surface area contributed by atoms with Crippen LogP contribution < -0.4 is 21.1 Å². The van der Waals surface area contributed by atoms with E-state index in [4.69, 9.17) is 5.73 Å². The third-order valence-corrected chi connectivity index (χ3v) is 4.37. The molecule has 0 saturated carbocycles. The van der Waals surface area contributed by atoms with Crippen molar-refractivity contribution in [3.8, 4) is 5.75 Å². The zero-order valence-corrected chi connectivity index (χ0v) is 15.6. The summed E-state index contributed by atoms with van der Waals surface area (Å²) >= 11 is 1.02. The molecule has 0 fully saturated rings. The lowest BCUT2D eigenvalue weighted by Crippen LogP contribution is -2.37. The standard InChI is InChI=1S/C16H18F3N5O3S/c1-9(7-21-13(25)6-20)24(2)8-14(26)23-15-22-11-4-3-10(5-12(11)28-15)27-16(17,18)19/h3-5H,1,6-8,20H2,2H3,(H,21,25)(H,22,23,26). The quantitative estimate of drug-likeness (QED) is 0.603. The van der Waals surface area contributed by atoms with Gasteiger partial charge in [-0.3, -0.25) is 9.59 Å². The number of halogens is 3. The average molecular weight is 417 g/mol. The van der Waals surface area contributed by atoms with E-state index >= 15 is 0 Å². The number of amides is 2. The second kappa shape index (κ2) is 8.89. The monoisotopic (exact) mass is 417 g/mol. The first kappa shape index (κ1) is 21.4. The van der Waals surface area contributed by atoms with Crippen LogP contribution in [0.25, 0.3) is 10.2 Å². The van der Waals surface area contributed by atoms with Crippen molar-refractivity contribution >= 4 is 38.5 Å². The van der Waals surface area contributed by atoms with Gasteiger partial charge in [-0.1, -0.05) is 17.9 Å². The zero-order chi connectivity index (χ0) is 20.9. The molecule has 1 aromatic heterocycles. The first-order valence-corrected chi connectivity index (χ1v) is 8.71. The van der Waals surface area contributed by atoms with E-state index < -0.39 is 12.3 Å². The van der Waals surface area contributed by atoms with Gasteiger partial charge in [-0.05, 0) is 12.1 Å². The van der Waals surface area contributed by atoms with Gasteiger partial charge in [-0.15, -0.1) is 13.2 Å². The summed E-state index contributed by atoms with van der Waals surface area (Å²) in [5.41, 5.74) is 6.11. The van der Waals surface area contributed by atoms with Crippen molar-refractivity contribution in [3.05, 3.63) is 30.5 Å². The van der Waals surface area contributed by atoms with Crippen molar-refractivity contribution in [3.63, 3.8) is 0 Å². The van der Waals surface area contributed by atoms with Gasteiger partial charge in [0, 0.05) is 18.8 Å². The number of hydrogen-bond donors (Lipinski definition) is 3. The maximum atomic E-state index is 12.3. The summed E-state index contributed by atoms with van der Waals surface area (Å²) in [6.45, 7) is 3.70. The average Bonchev–Trinajstić information content (AvgIpc) is 2.98. The van der Waals surface area contributed by atoms with Crippen LogP contribution >= 0.6 is 11.3 Å². The topological polar surface area (TPSA) is 110 Å². The number of fused-ring (bicyclic) bond motifs is 1. The van der Waals surface area contributed by atoms with Gasteiger partial charge in [0.1, 0.15) is 5.75 Å². The van der Waals surface area contributed by atoms with Crippen molar-refractivity contribution in [2.75, 3.05) is 32.0 Å². The number of ether oxygens (including phenoxy) is 1. The van der Waals surface area contributed by atoms with Gasteiger partial charge in [0.15, 0.2) is 5.13 Å². The highest BCUT2D eigenvalue weighted by molar-refractivity contribution is 7.22. The van der Waals surface area contributed by atoms with E-state index in [0.29, 0.717) is 15.9 Å². The molecule has 8 nitrogen and oxygen atoms in total. The molecule has 0 aliphatic rings. The highest BCUT2D eigenvalue weighted by Gasteiger charge is 2.31. The van der Waals surface area contributed by atoms with Crippen LogP contribution in [-0.2, 0) is 9.59 Å². The summed E-state index contributed by atoms with van der Waals surface area (Å²) in [6, 6.07) is 3.72. The first-order chi connectivity index (χ1) is 13.1. The number of alkyl halides is 3. The third kappa shape index (κ3) is 6.39. The van der Waals surface area contributed by atoms with Gasteiger partial charge >= 0.3 is 6.36 Å². The fraction of sp³-hybridized carbons (Fsp3) is 0.312. The number of hydrogen-bond acceptors (Lipinski definition) is 7. The molecule has 0 radical (unpaired) electrons. The van der Waals surface area contributed by atoms with Crippen LogP contribution in [0.15, 0.2) is 30.5 Å². The number of carbonyl (C=O) groups is 2. The summed E-state index contributed by atoms with van der Waals surface area (Å²) in [4.78, 5) is 29.0. The Morgan fingerprint density at radius 3 is 2.71 bits per heavy atom. The number of carbonyl (C=O) groups excluding carboxylic acids is 2. The molecule has 0 spiro atoms. The molecule has 0 saturated heterocycles. The highest BCUT2D eigenvalue weighted by Crippen LogP contribution is 2.31. The fourth-order valence-electron chi connectivity index (χ4n) is 2.05. The summed E-state index contributed by atoms with van der Waals surface area (Å²) < 4.78 is 41.2. The predicted molar refractivity (Wildman–Crippen MR) is 98.8 cm³/mol. The Labute approximate surface area is 162 Å². The van der Waals surface area contributed by atoms with Crippen molar-refractivity contribution in [2.45, 2.75) is 6.36 Å². The number of anilines is 1. The first-order valence-electron chi connectivity index (χ1n) is 7.89. The van der Waals surface area contributed by atoms with Gasteiger partial charge in [-0.25, -0.2) is 4.98 Å². The van der Waals surface area contributed by atoms with Crippen molar-refractivity contribution in [1.82, 2.24) is 15.2 Å². The second-order valence-corrected chi connectivity index (χ2v) is 6.68. The van der Waals surface area contributed by atoms with Crippen molar-refractivity contribution in [1.29, 1.82) is 0 Å². The van der Waals surface area contributed by atoms with E-state index in [9.17, 15) is 22.8 Å². The van der Waals surface area contributed by atoms with Crippen LogP contribution in [0.4, 0.5) is 18.3 Å². The summed E-state index contributed by atoms with van der Waals surface area (Å²) in [5.74, 6) is -1.11. The van der Waals surface area contributed by atoms with Crippen LogP contribution in [0.2, 0.25) is 0 Å². The van der Waals surface area contributed by atoms with Crippen LogP contribution in [0.5, 0.6) is 5.75 Å². The van der Waals surface area contributed by atoms with E-state index in [1.807, 2.05) is 0 Å². The van der Waals surface area contributed by atoms with E-state index in [0.717, 1.165) is 17.4 Å². The molecule has 2 rings (SSSR count). The molecule has 2 amide bonds. The molecule has 0 unspecified atom stereocenters. The summed E-state index contributed by atoms with van der Waals surface area (Å²) in [7, 11) is 1.62. The lowest BCUT2D eigenvalue weighted by atomic mass is 10.3. The fourth-order valence-corrected chi connectivity index (χ4v) is 2.96. The molecule has 4 N–H and O–H groups in total. The minimum absolute atomic E-state index is 0.0598. The summed E-state index contributed by atoms with van der Waals surface area (Å²) in [6.07, 6.45) is -4.79. The van der Waals surface area contributed by atoms with Gasteiger partial charge in [0.25, 0.3) is 0 Å². The minimum atomic E-state index is -4.79. The molecular formula is C16H18F3N5O3S. The number of benzene rings is 1. The van der Waals surface area contributed by atoms with Crippen LogP contribution in [0, 0.1) is 0 Å². The van der Waals surface area contributed by atoms with Gasteiger partial charge in [0.05, 0.1) is 29.9 Å². The Hall–Kier alpha value is -2.86. The normalized spacial score (nSPS) is 11.2.